The third-order valence-electron chi connectivity index (χ3n) is 1.55. The van der Waals surface area contributed by atoms with Gasteiger partial charge in [-0.25, -0.2) is 18.6 Å². The van der Waals surface area contributed by atoms with Gasteiger partial charge >= 0.3 is 0 Å². The maximum Gasteiger partial charge on any atom is 0.235 e. The van der Waals surface area contributed by atoms with Gasteiger partial charge in [-0.2, -0.15) is 0 Å². The molecule has 0 aromatic heterocycles. The lowest BCUT2D eigenvalue weighted by atomic mass is 10.1. The first-order chi connectivity index (χ1) is 6.57. The molecule has 0 spiro atoms. The first-order valence-electron chi connectivity index (χ1n) is 3.50. The summed E-state index contributed by atoms with van der Waals surface area (Å²) in [6, 6.07) is 0.527. The van der Waals surface area contributed by atoms with Crippen LogP contribution < -0.4 is 0 Å². The molecule has 0 radical (unpaired) electrons. The molecular weight excluding hydrogens is 196 g/mol. The Balaban J connectivity index is 3.31. The Morgan fingerprint density at radius 1 is 1.29 bits per heavy atom. The number of aromatic hydroxyl groups is 2. The zero-order valence-corrected chi connectivity index (χ0v) is 6.79. The number of aliphatic imine (C=N–C) groups is 1. The maximum atomic E-state index is 13.0. The molecule has 1 aromatic rings. The Kier molecular flexibility index (Phi) is 2.79. The summed E-state index contributed by atoms with van der Waals surface area (Å²) in [6.07, 6.45) is 1.09. The highest BCUT2D eigenvalue weighted by Crippen LogP contribution is 2.29. The first kappa shape index (κ1) is 10.1. The van der Waals surface area contributed by atoms with Crippen molar-refractivity contribution in [1.29, 1.82) is 0 Å². The van der Waals surface area contributed by atoms with E-state index in [4.69, 9.17) is 10.2 Å². The molecule has 1 rings (SSSR count). The maximum absolute atomic E-state index is 13.0. The molecule has 1 aromatic carbocycles. The van der Waals surface area contributed by atoms with Crippen LogP contribution >= 0.6 is 0 Å². The van der Waals surface area contributed by atoms with E-state index in [9.17, 15) is 13.6 Å². The van der Waals surface area contributed by atoms with E-state index in [0.29, 0.717) is 6.07 Å². The van der Waals surface area contributed by atoms with Gasteiger partial charge in [-0.05, 0) is 0 Å². The quantitative estimate of drug-likeness (QED) is 0.558. The molecule has 4 nitrogen and oxygen atoms in total. The van der Waals surface area contributed by atoms with E-state index in [0.717, 1.165) is 6.08 Å². The molecule has 0 fully saturated rings. The molecule has 0 aliphatic heterocycles. The molecule has 0 saturated heterocycles. The lowest BCUT2D eigenvalue weighted by Gasteiger charge is -2.04. The summed E-state index contributed by atoms with van der Waals surface area (Å²) in [4.78, 5) is 12.6. The minimum atomic E-state index is -1.25. The highest BCUT2D eigenvalue weighted by Gasteiger charge is 2.17. The molecule has 0 heterocycles. The third kappa shape index (κ3) is 1.70. The minimum Gasteiger partial charge on any atom is -0.505 e. The Labute approximate surface area is 77.1 Å². The van der Waals surface area contributed by atoms with Crippen molar-refractivity contribution in [1.82, 2.24) is 0 Å². The number of benzene rings is 1. The number of phenols is 2. The number of isocyanates is 1. The number of hydrogen-bond acceptors (Lipinski definition) is 4. The Hall–Kier alpha value is -1.94. The summed E-state index contributed by atoms with van der Waals surface area (Å²) >= 11 is 0. The Morgan fingerprint density at radius 3 is 2.21 bits per heavy atom. The van der Waals surface area contributed by atoms with E-state index < -0.39 is 35.2 Å². The normalized spacial score (nSPS) is 9.57. The second-order valence-electron chi connectivity index (χ2n) is 2.43. The molecule has 74 valence electrons. The van der Waals surface area contributed by atoms with Gasteiger partial charge in [0.15, 0.2) is 23.1 Å². The number of halogens is 2. The van der Waals surface area contributed by atoms with Gasteiger partial charge in [0.05, 0.1) is 12.1 Å². The minimum absolute atomic E-state index is 0.527. The van der Waals surface area contributed by atoms with E-state index in [1.54, 1.807) is 0 Å². The molecule has 0 bridgehead atoms. The number of carbonyl (C=O) groups excluding carboxylic acids is 1. The predicted molar refractivity (Wildman–Crippen MR) is 41.5 cm³/mol. The molecule has 0 amide bonds. The lowest BCUT2D eigenvalue weighted by molar-refractivity contribution is 0.390. The van der Waals surface area contributed by atoms with Crippen LogP contribution in [0.1, 0.15) is 5.56 Å². The number of phenolic OH excluding ortho intramolecular Hbond substituents is 2. The van der Waals surface area contributed by atoms with E-state index in [1.165, 1.54) is 0 Å². The molecule has 6 heteroatoms. The molecule has 0 unspecified atom stereocenters. The summed E-state index contributed by atoms with van der Waals surface area (Å²) in [7, 11) is 0. The number of hydrogen-bond donors (Lipinski definition) is 2. The second kappa shape index (κ2) is 3.85. The van der Waals surface area contributed by atoms with Crippen molar-refractivity contribution < 1.29 is 23.8 Å². The van der Waals surface area contributed by atoms with Crippen LogP contribution in [0.15, 0.2) is 11.1 Å². The van der Waals surface area contributed by atoms with E-state index in [2.05, 4.69) is 4.99 Å². The average Bonchev–Trinajstić information content (AvgIpc) is 2.15. The van der Waals surface area contributed by atoms with Gasteiger partial charge in [0, 0.05) is 6.07 Å². The molecule has 0 aliphatic carbocycles. The standard InChI is InChI=1S/C8H5F2NO3/c9-7-4(2-11-3-12)8(10)6(14)1-5(7)13/h1,13-14H,2H2. The fourth-order valence-corrected chi connectivity index (χ4v) is 0.912. The van der Waals surface area contributed by atoms with Crippen molar-refractivity contribution in [3.8, 4) is 11.5 Å². The molecule has 14 heavy (non-hydrogen) atoms. The van der Waals surface area contributed by atoms with Crippen LogP contribution in [0, 0.1) is 11.6 Å². The van der Waals surface area contributed by atoms with Crippen LogP contribution in [0.4, 0.5) is 8.78 Å². The number of nitrogens with zero attached hydrogens (tertiary/aromatic N) is 1. The monoisotopic (exact) mass is 201 g/mol. The van der Waals surface area contributed by atoms with Gasteiger partial charge in [-0.1, -0.05) is 0 Å². The van der Waals surface area contributed by atoms with Gasteiger partial charge in [0.2, 0.25) is 6.08 Å². The molecule has 0 atom stereocenters. The van der Waals surface area contributed by atoms with Crippen molar-refractivity contribution >= 4 is 6.08 Å². The van der Waals surface area contributed by atoms with E-state index >= 15 is 0 Å². The van der Waals surface area contributed by atoms with Crippen molar-refractivity contribution in [3.05, 3.63) is 23.3 Å². The van der Waals surface area contributed by atoms with E-state index in [1.807, 2.05) is 0 Å². The Morgan fingerprint density at radius 2 is 1.79 bits per heavy atom. The first-order valence-corrected chi connectivity index (χ1v) is 3.50. The van der Waals surface area contributed by atoms with E-state index in [-0.39, 0.29) is 0 Å². The smallest absolute Gasteiger partial charge is 0.235 e. The average molecular weight is 201 g/mol. The SMILES string of the molecule is O=C=NCc1c(F)c(O)cc(O)c1F. The third-order valence-corrected chi connectivity index (χ3v) is 1.55. The zero-order chi connectivity index (χ0) is 10.7. The van der Waals surface area contributed by atoms with Gasteiger partial charge in [-0.15, -0.1) is 0 Å². The summed E-state index contributed by atoms with van der Waals surface area (Å²) in [5, 5.41) is 17.7. The molecule has 0 saturated carbocycles. The molecule has 2 N–H and O–H groups in total. The zero-order valence-electron chi connectivity index (χ0n) is 6.79. The predicted octanol–water partition coefficient (Wildman–Crippen LogP) is 1.21. The van der Waals surface area contributed by atoms with Gasteiger partial charge in [0.1, 0.15) is 0 Å². The fourth-order valence-electron chi connectivity index (χ4n) is 0.912. The molecule has 0 aliphatic rings. The van der Waals surface area contributed by atoms with Crippen LogP contribution in [0.2, 0.25) is 0 Å². The topological polar surface area (TPSA) is 69.9 Å². The summed E-state index contributed by atoms with van der Waals surface area (Å²) < 4.78 is 25.9. The van der Waals surface area contributed by atoms with Crippen LogP contribution in [0.25, 0.3) is 0 Å². The fraction of sp³-hybridized carbons (Fsp3) is 0.125. The number of rotatable bonds is 2. The van der Waals surface area contributed by atoms with Crippen LogP contribution in [0.5, 0.6) is 11.5 Å². The van der Waals surface area contributed by atoms with Crippen LogP contribution in [-0.4, -0.2) is 16.3 Å². The Bertz CT molecular complexity index is 387. The lowest BCUT2D eigenvalue weighted by Crippen LogP contribution is -1.95. The van der Waals surface area contributed by atoms with Gasteiger partial charge < -0.3 is 10.2 Å². The molecular formula is C8H5F2NO3. The summed E-state index contributed by atoms with van der Waals surface area (Å²) in [5.41, 5.74) is -0.675. The largest absolute Gasteiger partial charge is 0.505 e. The highest BCUT2D eigenvalue weighted by molar-refractivity contribution is 5.41. The summed E-state index contributed by atoms with van der Waals surface area (Å²) in [5.74, 6) is -4.31. The van der Waals surface area contributed by atoms with Crippen molar-refractivity contribution in [2.75, 3.05) is 0 Å². The van der Waals surface area contributed by atoms with Gasteiger partial charge in [-0.3, -0.25) is 0 Å². The van der Waals surface area contributed by atoms with Crippen molar-refractivity contribution in [3.63, 3.8) is 0 Å². The van der Waals surface area contributed by atoms with Crippen LogP contribution in [-0.2, 0) is 11.3 Å². The highest BCUT2D eigenvalue weighted by atomic mass is 19.1. The van der Waals surface area contributed by atoms with Crippen molar-refractivity contribution in [2.45, 2.75) is 6.54 Å². The van der Waals surface area contributed by atoms with Gasteiger partial charge in [0.25, 0.3) is 0 Å². The second-order valence-corrected chi connectivity index (χ2v) is 2.43. The van der Waals surface area contributed by atoms with Crippen molar-refractivity contribution in [2.24, 2.45) is 4.99 Å². The van der Waals surface area contributed by atoms with Crippen LogP contribution in [0.3, 0.4) is 0 Å². The summed E-state index contributed by atoms with van der Waals surface area (Å²) in [6.45, 7) is -0.622.